The summed E-state index contributed by atoms with van der Waals surface area (Å²) in [5, 5.41) is 12.4. The Balaban J connectivity index is 1.48. The molecule has 0 aliphatic carbocycles. The SMILES string of the molecule is O=C(CCc1ccc(O)cc1)N[C@H]1CCCN(c2ccccn2)C1. The summed E-state index contributed by atoms with van der Waals surface area (Å²) >= 11 is 0. The smallest absolute Gasteiger partial charge is 0.220 e. The number of anilines is 1. The van der Waals surface area contributed by atoms with E-state index < -0.39 is 0 Å². The van der Waals surface area contributed by atoms with Gasteiger partial charge in [0, 0.05) is 31.7 Å². The van der Waals surface area contributed by atoms with Gasteiger partial charge in [-0.25, -0.2) is 4.98 Å². The van der Waals surface area contributed by atoms with E-state index in [1.807, 2.05) is 30.3 Å². The molecule has 2 aromatic rings. The quantitative estimate of drug-likeness (QED) is 0.886. The number of hydrogen-bond donors (Lipinski definition) is 2. The fourth-order valence-electron chi connectivity index (χ4n) is 3.06. The minimum absolute atomic E-state index is 0.0796. The molecule has 0 spiro atoms. The predicted octanol–water partition coefficient (Wildman–Crippen LogP) is 2.51. The molecule has 1 amide bonds. The summed E-state index contributed by atoms with van der Waals surface area (Å²) in [5.41, 5.74) is 1.06. The van der Waals surface area contributed by atoms with Gasteiger partial charge in [-0.05, 0) is 49.1 Å². The van der Waals surface area contributed by atoms with Gasteiger partial charge in [-0.2, -0.15) is 0 Å². The van der Waals surface area contributed by atoms with Crippen LogP contribution in [0.2, 0.25) is 0 Å². The van der Waals surface area contributed by atoms with E-state index in [0.717, 1.165) is 37.3 Å². The monoisotopic (exact) mass is 325 g/mol. The van der Waals surface area contributed by atoms with Gasteiger partial charge >= 0.3 is 0 Å². The predicted molar refractivity (Wildman–Crippen MR) is 94.0 cm³/mol. The van der Waals surface area contributed by atoms with Crippen LogP contribution < -0.4 is 10.2 Å². The Morgan fingerprint density at radius 1 is 1.25 bits per heavy atom. The maximum atomic E-state index is 12.2. The van der Waals surface area contributed by atoms with Gasteiger partial charge < -0.3 is 15.3 Å². The Hall–Kier alpha value is -2.56. The van der Waals surface area contributed by atoms with Crippen molar-refractivity contribution in [1.82, 2.24) is 10.3 Å². The largest absolute Gasteiger partial charge is 0.508 e. The first kappa shape index (κ1) is 16.3. The number of phenols is 1. The molecule has 126 valence electrons. The lowest BCUT2D eigenvalue weighted by Crippen LogP contribution is -2.48. The molecule has 1 aromatic heterocycles. The van der Waals surface area contributed by atoms with Crippen LogP contribution in [-0.4, -0.2) is 35.1 Å². The molecule has 5 nitrogen and oxygen atoms in total. The highest BCUT2D eigenvalue weighted by Crippen LogP contribution is 2.17. The van der Waals surface area contributed by atoms with E-state index in [1.54, 1.807) is 18.3 Å². The number of amides is 1. The third-order valence-electron chi connectivity index (χ3n) is 4.34. The van der Waals surface area contributed by atoms with Gasteiger partial charge in [0.1, 0.15) is 11.6 Å². The van der Waals surface area contributed by atoms with Crippen LogP contribution in [0.5, 0.6) is 5.75 Å². The number of benzene rings is 1. The number of aryl methyl sites for hydroxylation is 1. The zero-order valence-corrected chi connectivity index (χ0v) is 13.7. The van der Waals surface area contributed by atoms with Crippen LogP contribution in [0.4, 0.5) is 5.82 Å². The summed E-state index contributed by atoms with van der Waals surface area (Å²) in [7, 11) is 0. The molecule has 1 atom stereocenters. The molecule has 5 heteroatoms. The van der Waals surface area contributed by atoms with E-state index in [1.165, 1.54) is 0 Å². The fourth-order valence-corrected chi connectivity index (χ4v) is 3.06. The summed E-state index contributed by atoms with van der Waals surface area (Å²) in [6.45, 7) is 1.79. The fraction of sp³-hybridized carbons (Fsp3) is 0.368. The van der Waals surface area contributed by atoms with E-state index in [2.05, 4.69) is 15.2 Å². The zero-order chi connectivity index (χ0) is 16.8. The van der Waals surface area contributed by atoms with Crippen LogP contribution in [-0.2, 0) is 11.2 Å². The number of rotatable bonds is 5. The van der Waals surface area contributed by atoms with Gasteiger partial charge in [0.2, 0.25) is 5.91 Å². The lowest BCUT2D eigenvalue weighted by molar-refractivity contribution is -0.121. The van der Waals surface area contributed by atoms with Gasteiger partial charge in [0.25, 0.3) is 0 Å². The molecular weight excluding hydrogens is 302 g/mol. The highest BCUT2D eigenvalue weighted by molar-refractivity contribution is 5.76. The second-order valence-corrected chi connectivity index (χ2v) is 6.21. The van der Waals surface area contributed by atoms with Crippen molar-refractivity contribution >= 4 is 11.7 Å². The lowest BCUT2D eigenvalue weighted by Gasteiger charge is -2.34. The first-order valence-electron chi connectivity index (χ1n) is 8.44. The highest BCUT2D eigenvalue weighted by Gasteiger charge is 2.22. The molecule has 0 radical (unpaired) electrons. The van der Waals surface area contributed by atoms with Crippen molar-refractivity contribution < 1.29 is 9.90 Å². The van der Waals surface area contributed by atoms with Crippen molar-refractivity contribution in [3.63, 3.8) is 0 Å². The number of aromatic hydroxyl groups is 1. The van der Waals surface area contributed by atoms with Crippen molar-refractivity contribution in [3.8, 4) is 5.75 Å². The van der Waals surface area contributed by atoms with Crippen molar-refractivity contribution in [1.29, 1.82) is 0 Å². The number of carbonyl (C=O) groups excluding carboxylic acids is 1. The summed E-state index contributed by atoms with van der Waals surface area (Å²) < 4.78 is 0. The molecule has 0 saturated carbocycles. The highest BCUT2D eigenvalue weighted by atomic mass is 16.3. The number of nitrogens with one attached hydrogen (secondary N) is 1. The number of pyridine rings is 1. The van der Waals surface area contributed by atoms with E-state index in [4.69, 9.17) is 0 Å². The average Bonchev–Trinajstić information content (AvgIpc) is 2.62. The Morgan fingerprint density at radius 3 is 2.83 bits per heavy atom. The van der Waals surface area contributed by atoms with Crippen molar-refractivity contribution in [2.75, 3.05) is 18.0 Å². The first-order valence-corrected chi connectivity index (χ1v) is 8.44. The Bertz CT molecular complexity index is 658. The second-order valence-electron chi connectivity index (χ2n) is 6.21. The molecular formula is C19H23N3O2. The number of aromatic nitrogens is 1. The number of carbonyl (C=O) groups is 1. The summed E-state index contributed by atoms with van der Waals surface area (Å²) in [4.78, 5) is 18.8. The maximum Gasteiger partial charge on any atom is 0.220 e. The number of piperidine rings is 1. The molecule has 0 bridgehead atoms. The lowest BCUT2D eigenvalue weighted by atomic mass is 10.0. The Kier molecular flexibility index (Phi) is 5.31. The van der Waals surface area contributed by atoms with Crippen LogP contribution in [0.3, 0.4) is 0 Å². The first-order chi connectivity index (χ1) is 11.7. The summed E-state index contributed by atoms with van der Waals surface area (Å²) in [6, 6.07) is 13.1. The van der Waals surface area contributed by atoms with Gasteiger partial charge in [0.05, 0.1) is 0 Å². The molecule has 2 heterocycles. The van der Waals surface area contributed by atoms with E-state index in [0.29, 0.717) is 12.8 Å². The second kappa shape index (κ2) is 7.81. The Morgan fingerprint density at radius 2 is 2.08 bits per heavy atom. The van der Waals surface area contributed by atoms with E-state index >= 15 is 0 Å². The normalized spacial score (nSPS) is 17.5. The van der Waals surface area contributed by atoms with Crippen LogP contribution in [0.1, 0.15) is 24.8 Å². The molecule has 2 N–H and O–H groups in total. The van der Waals surface area contributed by atoms with Crippen LogP contribution in [0.25, 0.3) is 0 Å². The van der Waals surface area contributed by atoms with Gasteiger partial charge in [-0.1, -0.05) is 18.2 Å². The molecule has 1 fully saturated rings. The number of phenolic OH excluding ortho intramolecular Hbond substituents is 1. The van der Waals surface area contributed by atoms with Crippen LogP contribution in [0, 0.1) is 0 Å². The Labute approximate surface area is 142 Å². The van der Waals surface area contributed by atoms with Crippen molar-refractivity contribution in [3.05, 3.63) is 54.2 Å². The molecule has 24 heavy (non-hydrogen) atoms. The summed E-state index contributed by atoms with van der Waals surface area (Å²) in [5.74, 6) is 1.30. The van der Waals surface area contributed by atoms with Crippen LogP contribution in [0.15, 0.2) is 48.7 Å². The third kappa shape index (κ3) is 4.47. The topological polar surface area (TPSA) is 65.5 Å². The average molecular weight is 325 g/mol. The number of nitrogens with zero attached hydrogens (tertiary/aromatic N) is 2. The number of hydrogen-bond acceptors (Lipinski definition) is 4. The zero-order valence-electron chi connectivity index (χ0n) is 13.7. The third-order valence-corrected chi connectivity index (χ3v) is 4.34. The minimum Gasteiger partial charge on any atom is -0.508 e. The minimum atomic E-state index is 0.0796. The summed E-state index contributed by atoms with van der Waals surface area (Å²) in [6.07, 6.45) is 5.01. The molecule has 1 aliphatic rings. The van der Waals surface area contributed by atoms with Crippen LogP contribution >= 0.6 is 0 Å². The molecule has 3 rings (SSSR count). The van der Waals surface area contributed by atoms with Gasteiger partial charge in [-0.3, -0.25) is 4.79 Å². The van der Waals surface area contributed by atoms with Gasteiger partial charge in [0.15, 0.2) is 0 Å². The molecule has 1 saturated heterocycles. The van der Waals surface area contributed by atoms with Crippen molar-refractivity contribution in [2.24, 2.45) is 0 Å². The van der Waals surface area contributed by atoms with Gasteiger partial charge in [-0.15, -0.1) is 0 Å². The molecule has 1 aromatic carbocycles. The maximum absolute atomic E-state index is 12.2. The standard InChI is InChI=1S/C19H23N3O2/c23-17-9-6-15(7-10-17)8-11-19(24)21-16-4-3-13-22(14-16)18-5-1-2-12-20-18/h1-2,5-7,9-10,12,16,23H,3-4,8,11,13-14H2,(H,21,24)/t16-/m0/s1. The van der Waals surface area contributed by atoms with E-state index in [-0.39, 0.29) is 17.7 Å². The van der Waals surface area contributed by atoms with Crippen molar-refractivity contribution in [2.45, 2.75) is 31.7 Å². The molecule has 0 unspecified atom stereocenters. The molecule has 1 aliphatic heterocycles. The van der Waals surface area contributed by atoms with E-state index in [9.17, 15) is 9.90 Å².